The summed E-state index contributed by atoms with van der Waals surface area (Å²) in [6, 6.07) is 7.08. The van der Waals surface area contributed by atoms with Crippen molar-refractivity contribution in [2.45, 2.75) is 59.2 Å². The van der Waals surface area contributed by atoms with E-state index < -0.39 is 27.4 Å². The smallest absolute Gasteiger partial charge is 0.419 e. The number of nitrogens with zero attached hydrogens (tertiary/aromatic N) is 3. The molecule has 1 saturated heterocycles. The summed E-state index contributed by atoms with van der Waals surface area (Å²) in [6.07, 6.45) is -0.665. The number of sulfone groups is 1. The van der Waals surface area contributed by atoms with Gasteiger partial charge in [0.25, 0.3) is 0 Å². The number of rotatable bonds is 10. The van der Waals surface area contributed by atoms with Crippen LogP contribution in [0.1, 0.15) is 63.5 Å². The van der Waals surface area contributed by atoms with Crippen molar-refractivity contribution in [1.82, 2.24) is 14.5 Å². The highest BCUT2D eigenvalue weighted by Crippen LogP contribution is 2.32. The van der Waals surface area contributed by atoms with E-state index in [9.17, 15) is 35.2 Å². The number of allylic oxidation sites excluding steroid dienone is 2. The molecule has 2 aromatic carbocycles. The molecule has 2 heterocycles. The zero-order valence-electron chi connectivity index (χ0n) is 27.1. The molecule has 258 valence electrons. The molecule has 1 fully saturated rings. The molecule has 0 radical (unpaired) electrons. The SMILES string of the molecule is C=C(C)n1c(C(C)N(C=O)CC2CCS(=O)(=O)CC2)nc2cc(F)ccc21.C=CC(=C)OCC.CCc1ccc(F)c(C(F)(F)F)c1. The quantitative estimate of drug-likeness (QED) is 0.0933. The van der Waals surface area contributed by atoms with E-state index in [4.69, 9.17) is 4.74 Å². The van der Waals surface area contributed by atoms with Gasteiger partial charge in [-0.2, -0.15) is 13.2 Å². The maximum absolute atomic E-state index is 13.6. The minimum Gasteiger partial charge on any atom is -0.495 e. The molecule has 47 heavy (non-hydrogen) atoms. The predicted octanol–water partition coefficient (Wildman–Crippen LogP) is 8.14. The lowest BCUT2D eigenvalue weighted by atomic mass is 10.0. The van der Waals surface area contributed by atoms with Gasteiger partial charge in [0.15, 0.2) is 0 Å². The van der Waals surface area contributed by atoms with E-state index in [0.717, 1.165) is 29.8 Å². The van der Waals surface area contributed by atoms with Crippen LogP contribution in [0.4, 0.5) is 22.0 Å². The van der Waals surface area contributed by atoms with Crippen molar-refractivity contribution in [3.05, 3.63) is 96.6 Å². The summed E-state index contributed by atoms with van der Waals surface area (Å²) in [4.78, 5) is 17.9. The molecule has 3 aromatic rings. The van der Waals surface area contributed by atoms with E-state index in [1.54, 1.807) is 24.0 Å². The Hall–Kier alpha value is -4.00. The minimum absolute atomic E-state index is 0.140. The number of fused-ring (bicyclic) bond motifs is 1. The Morgan fingerprint density at radius 1 is 1.13 bits per heavy atom. The van der Waals surface area contributed by atoms with Gasteiger partial charge >= 0.3 is 6.18 Å². The molecule has 4 rings (SSSR count). The largest absolute Gasteiger partial charge is 0.495 e. The molecular formula is C34H42F5N3O4S. The average Bonchev–Trinajstić information content (AvgIpc) is 3.39. The van der Waals surface area contributed by atoms with Crippen LogP contribution in [-0.2, 0) is 32.0 Å². The van der Waals surface area contributed by atoms with Crippen LogP contribution in [0.2, 0.25) is 0 Å². The fraction of sp³-hybridized carbons (Fsp3) is 0.412. The molecule has 1 aliphatic heterocycles. The third-order valence-electron chi connectivity index (χ3n) is 7.48. The minimum atomic E-state index is -4.60. The van der Waals surface area contributed by atoms with E-state index in [1.807, 2.05) is 25.3 Å². The maximum atomic E-state index is 13.6. The van der Waals surface area contributed by atoms with Crippen molar-refractivity contribution in [3.63, 3.8) is 0 Å². The fourth-order valence-electron chi connectivity index (χ4n) is 4.87. The highest BCUT2D eigenvalue weighted by atomic mass is 32.2. The Kier molecular flexibility index (Phi) is 14.4. The maximum Gasteiger partial charge on any atom is 0.419 e. The lowest BCUT2D eigenvalue weighted by Gasteiger charge is -2.31. The molecule has 0 N–H and O–H groups in total. The van der Waals surface area contributed by atoms with Crippen molar-refractivity contribution in [3.8, 4) is 0 Å². The van der Waals surface area contributed by atoms with Gasteiger partial charge in [-0.05, 0) is 81.9 Å². The zero-order chi connectivity index (χ0) is 35.5. The summed E-state index contributed by atoms with van der Waals surface area (Å²) < 4.78 is 92.6. The molecule has 7 nitrogen and oxygen atoms in total. The normalized spacial score (nSPS) is 14.9. The van der Waals surface area contributed by atoms with E-state index in [1.165, 1.54) is 18.2 Å². The first-order chi connectivity index (χ1) is 22.0. The summed E-state index contributed by atoms with van der Waals surface area (Å²) in [5.74, 6) is 0.140. The molecule has 13 heteroatoms. The number of aryl methyl sites for hydroxylation is 1. The summed E-state index contributed by atoms with van der Waals surface area (Å²) in [5, 5.41) is 0. The number of imidazole rings is 1. The first-order valence-electron chi connectivity index (χ1n) is 15.0. The molecule has 0 saturated carbocycles. The Morgan fingerprint density at radius 3 is 2.26 bits per heavy atom. The van der Waals surface area contributed by atoms with E-state index in [0.29, 0.717) is 55.1 Å². The van der Waals surface area contributed by atoms with Crippen LogP contribution in [0.5, 0.6) is 0 Å². The number of aromatic nitrogens is 2. The number of carbonyl (C=O) groups is 1. The van der Waals surface area contributed by atoms with Crippen molar-refractivity contribution >= 4 is 33.0 Å². The number of ether oxygens (including phenoxy) is 1. The molecule has 0 aliphatic carbocycles. The van der Waals surface area contributed by atoms with Crippen LogP contribution in [-0.4, -0.2) is 53.9 Å². The van der Waals surface area contributed by atoms with Gasteiger partial charge in [-0.1, -0.05) is 32.7 Å². The van der Waals surface area contributed by atoms with Crippen molar-refractivity contribution in [1.29, 1.82) is 0 Å². The first kappa shape index (κ1) is 39.2. The van der Waals surface area contributed by atoms with E-state index in [2.05, 4.69) is 24.7 Å². The van der Waals surface area contributed by atoms with Crippen LogP contribution < -0.4 is 0 Å². The molecule has 1 aliphatic rings. The first-order valence-corrected chi connectivity index (χ1v) is 16.8. The van der Waals surface area contributed by atoms with Crippen molar-refractivity contribution < 1.29 is 39.9 Å². The van der Waals surface area contributed by atoms with Gasteiger partial charge in [-0.15, -0.1) is 0 Å². The fourth-order valence-corrected chi connectivity index (χ4v) is 6.46. The van der Waals surface area contributed by atoms with Crippen molar-refractivity contribution in [2.24, 2.45) is 5.92 Å². The summed E-state index contributed by atoms with van der Waals surface area (Å²) >= 11 is 0. The lowest BCUT2D eigenvalue weighted by Crippen LogP contribution is -2.36. The molecule has 1 amide bonds. The Morgan fingerprint density at radius 2 is 1.77 bits per heavy atom. The molecule has 1 aromatic heterocycles. The van der Waals surface area contributed by atoms with Crippen LogP contribution in [0.3, 0.4) is 0 Å². The van der Waals surface area contributed by atoms with E-state index in [-0.39, 0.29) is 29.3 Å². The summed E-state index contributed by atoms with van der Waals surface area (Å²) in [6.45, 7) is 19.4. The Balaban J connectivity index is 0.000000317. The molecular weight excluding hydrogens is 641 g/mol. The van der Waals surface area contributed by atoms with Gasteiger partial charge < -0.3 is 9.64 Å². The number of benzene rings is 2. The third-order valence-corrected chi connectivity index (χ3v) is 9.19. The van der Waals surface area contributed by atoms with Crippen LogP contribution >= 0.6 is 0 Å². The Bertz CT molecular complexity index is 1650. The molecule has 0 bridgehead atoms. The lowest BCUT2D eigenvalue weighted by molar-refractivity contribution is -0.140. The summed E-state index contributed by atoms with van der Waals surface area (Å²) in [7, 11) is -2.94. The van der Waals surface area contributed by atoms with Gasteiger partial charge in [0.2, 0.25) is 6.41 Å². The van der Waals surface area contributed by atoms with Crippen LogP contribution in [0, 0.1) is 17.6 Å². The van der Waals surface area contributed by atoms with Crippen LogP contribution in [0.25, 0.3) is 16.7 Å². The summed E-state index contributed by atoms with van der Waals surface area (Å²) in [5.41, 5.74) is 1.26. The number of carbonyl (C=O) groups excluding carboxylic acids is 1. The zero-order valence-corrected chi connectivity index (χ0v) is 27.9. The number of hydrogen-bond acceptors (Lipinski definition) is 5. The predicted molar refractivity (Wildman–Crippen MR) is 175 cm³/mol. The second-order valence-corrected chi connectivity index (χ2v) is 13.3. The van der Waals surface area contributed by atoms with Gasteiger partial charge in [-0.25, -0.2) is 22.2 Å². The second-order valence-electron chi connectivity index (χ2n) is 11.0. The van der Waals surface area contributed by atoms with E-state index >= 15 is 0 Å². The van der Waals surface area contributed by atoms with Crippen molar-refractivity contribution in [2.75, 3.05) is 24.7 Å². The molecule has 1 unspecified atom stereocenters. The molecule has 1 atom stereocenters. The van der Waals surface area contributed by atoms with Gasteiger partial charge in [0, 0.05) is 18.3 Å². The standard InChI is InChI=1S/C19H24FN3O3S.C9H8F4.C6H10O/c1-13(2)23-18-5-4-16(20)10-17(18)21-19(23)14(3)22(12-24)11-15-6-8-27(25,26)9-7-15;1-2-6-3-4-8(10)7(5-6)9(11,12)13;1-4-6(3)7-5-2/h4-5,10,12,14-15H,1,6-9,11H2,2-3H3;3-5H,2H2,1H3;4H,1,3,5H2,2H3. The van der Waals surface area contributed by atoms with Gasteiger partial charge in [0.05, 0.1) is 40.8 Å². The topological polar surface area (TPSA) is 81.5 Å². The molecule has 0 spiro atoms. The highest BCUT2D eigenvalue weighted by Gasteiger charge is 2.34. The average molecular weight is 684 g/mol. The third kappa shape index (κ3) is 11.3. The van der Waals surface area contributed by atoms with Crippen LogP contribution in [0.15, 0.2) is 68.0 Å². The highest BCUT2D eigenvalue weighted by molar-refractivity contribution is 7.91. The number of alkyl halides is 3. The Labute approximate surface area is 273 Å². The second kappa shape index (κ2) is 17.2. The number of halogens is 5. The van der Waals surface area contributed by atoms with Gasteiger partial charge in [-0.3, -0.25) is 9.36 Å². The van der Waals surface area contributed by atoms with Gasteiger partial charge in [0.1, 0.15) is 33.1 Å². The number of amides is 1. The number of hydrogen-bond donors (Lipinski definition) is 0. The monoisotopic (exact) mass is 683 g/mol.